The summed E-state index contributed by atoms with van der Waals surface area (Å²) in [5.74, 6) is 0. The lowest BCUT2D eigenvalue weighted by Crippen LogP contribution is -2.35. The van der Waals surface area contributed by atoms with Crippen molar-refractivity contribution in [2.45, 2.75) is 26.2 Å². The topological polar surface area (TPSA) is 32.5 Å². The fourth-order valence-corrected chi connectivity index (χ4v) is 2.75. The molecule has 1 aromatic rings. The van der Waals surface area contributed by atoms with E-state index >= 15 is 0 Å². The first-order valence-electron chi connectivity index (χ1n) is 7.53. The Balaban J connectivity index is 1.94. The molecule has 1 heterocycles. The standard InChI is InChI=1S/C16H27N3/c1-15-6-4-7-16(14-15)19(11-5-8-17)13-12-18-9-2-3-10-18/h4,6-7,14H,2-3,5,8-13,17H2,1H3. The molecule has 1 saturated heterocycles. The average molecular weight is 261 g/mol. The monoisotopic (exact) mass is 261 g/mol. The van der Waals surface area contributed by atoms with E-state index in [1.54, 1.807) is 0 Å². The number of nitrogens with zero attached hydrogens (tertiary/aromatic N) is 2. The minimum atomic E-state index is 0.770. The fraction of sp³-hybridized carbons (Fsp3) is 0.625. The lowest BCUT2D eigenvalue weighted by molar-refractivity contribution is 0.344. The maximum Gasteiger partial charge on any atom is 0.0369 e. The Hall–Kier alpha value is -1.06. The molecule has 19 heavy (non-hydrogen) atoms. The van der Waals surface area contributed by atoms with Gasteiger partial charge in [0.25, 0.3) is 0 Å². The van der Waals surface area contributed by atoms with E-state index in [0.717, 1.165) is 26.1 Å². The Bertz CT molecular complexity index is 372. The van der Waals surface area contributed by atoms with Gasteiger partial charge in [-0.15, -0.1) is 0 Å². The lowest BCUT2D eigenvalue weighted by atomic mass is 10.2. The van der Waals surface area contributed by atoms with E-state index in [1.807, 2.05) is 0 Å². The summed E-state index contributed by atoms with van der Waals surface area (Å²) in [4.78, 5) is 5.06. The van der Waals surface area contributed by atoms with Crippen molar-refractivity contribution >= 4 is 5.69 Å². The van der Waals surface area contributed by atoms with Gasteiger partial charge in [0.2, 0.25) is 0 Å². The SMILES string of the molecule is Cc1cccc(N(CCCN)CCN2CCCC2)c1. The van der Waals surface area contributed by atoms with Crippen molar-refractivity contribution in [2.75, 3.05) is 44.2 Å². The predicted octanol–water partition coefficient (Wildman–Crippen LogP) is 2.25. The Kier molecular flexibility index (Phi) is 5.67. The van der Waals surface area contributed by atoms with Crippen LogP contribution in [0.25, 0.3) is 0 Å². The highest BCUT2D eigenvalue weighted by atomic mass is 15.2. The van der Waals surface area contributed by atoms with Gasteiger partial charge in [-0.2, -0.15) is 0 Å². The molecule has 0 bridgehead atoms. The summed E-state index contributed by atoms with van der Waals surface area (Å²) in [7, 11) is 0. The van der Waals surface area contributed by atoms with Crippen LogP contribution in [0.4, 0.5) is 5.69 Å². The molecule has 0 aliphatic carbocycles. The number of hydrogen-bond donors (Lipinski definition) is 1. The van der Waals surface area contributed by atoms with Crippen molar-refractivity contribution in [1.82, 2.24) is 4.90 Å². The molecule has 0 saturated carbocycles. The lowest BCUT2D eigenvalue weighted by Gasteiger charge is -2.27. The summed E-state index contributed by atoms with van der Waals surface area (Å²) < 4.78 is 0. The molecule has 0 radical (unpaired) electrons. The highest BCUT2D eigenvalue weighted by molar-refractivity contribution is 5.48. The van der Waals surface area contributed by atoms with Crippen LogP contribution in [0, 0.1) is 6.92 Å². The number of rotatable bonds is 7. The van der Waals surface area contributed by atoms with Gasteiger partial charge in [-0.3, -0.25) is 0 Å². The average Bonchev–Trinajstić information content (AvgIpc) is 2.92. The molecule has 2 rings (SSSR count). The third-order valence-electron chi connectivity index (χ3n) is 3.88. The highest BCUT2D eigenvalue weighted by Gasteiger charge is 2.13. The summed E-state index contributed by atoms with van der Waals surface area (Å²) in [6.45, 7) is 8.84. The third kappa shape index (κ3) is 4.51. The minimum Gasteiger partial charge on any atom is -0.370 e. The van der Waals surface area contributed by atoms with Crippen molar-refractivity contribution in [1.29, 1.82) is 0 Å². The summed E-state index contributed by atoms with van der Waals surface area (Å²) in [5, 5.41) is 0. The molecule has 106 valence electrons. The van der Waals surface area contributed by atoms with E-state index in [-0.39, 0.29) is 0 Å². The van der Waals surface area contributed by atoms with Crippen LogP contribution in [0.2, 0.25) is 0 Å². The molecule has 3 nitrogen and oxygen atoms in total. The van der Waals surface area contributed by atoms with Gasteiger partial charge < -0.3 is 15.5 Å². The van der Waals surface area contributed by atoms with Gasteiger partial charge >= 0.3 is 0 Å². The van der Waals surface area contributed by atoms with Crippen LogP contribution in [0.15, 0.2) is 24.3 Å². The zero-order valence-electron chi connectivity index (χ0n) is 12.1. The molecule has 0 amide bonds. The second kappa shape index (κ2) is 7.51. The van der Waals surface area contributed by atoms with Gasteiger partial charge in [0.15, 0.2) is 0 Å². The van der Waals surface area contributed by atoms with Crippen molar-refractivity contribution in [3.63, 3.8) is 0 Å². The van der Waals surface area contributed by atoms with Crippen LogP contribution in [0.5, 0.6) is 0 Å². The molecule has 1 aliphatic rings. The van der Waals surface area contributed by atoms with Crippen LogP contribution < -0.4 is 10.6 Å². The first-order chi connectivity index (χ1) is 9.29. The molecule has 2 N–H and O–H groups in total. The van der Waals surface area contributed by atoms with E-state index < -0.39 is 0 Å². The second-order valence-corrected chi connectivity index (χ2v) is 5.52. The predicted molar refractivity (Wildman–Crippen MR) is 82.7 cm³/mol. The number of anilines is 1. The summed E-state index contributed by atoms with van der Waals surface area (Å²) in [6, 6.07) is 8.80. The number of aryl methyl sites for hydroxylation is 1. The maximum absolute atomic E-state index is 5.67. The van der Waals surface area contributed by atoms with E-state index in [2.05, 4.69) is 41.0 Å². The van der Waals surface area contributed by atoms with Gasteiger partial charge in [-0.1, -0.05) is 12.1 Å². The van der Waals surface area contributed by atoms with Gasteiger partial charge in [-0.25, -0.2) is 0 Å². The zero-order chi connectivity index (χ0) is 13.5. The largest absolute Gasteiger partial charge is 0.370 e. The smallest absolute Gasteiger partial charge is 0.0369 e. The second-order valence-electron chi connectivity index (χ2n) is 5.52. The van der Waals surface area contributed by atoms with E-state index in [4.69, 9.17) is 5.73 Å². The van der Waals surface area contributed by atoms with Crippen LogP contribution in [0.3, 0.4) is 0 Å². The third-order valence-corrected chi connectivity index (χ3v) is 3.88. The number of nitrogens with two attached hydrogens (primary N) is 1. The van der Waals surface area contributed by atoms with Gasteiger partial charge in [-0.05, 0) is 63.5 Å². The maximum atomic E-state index is 5.67. The van der Waals surface area contributed by atoms with Crippen LogP contribution >= 0.6 is 0 Å². The molecule has 0 aromatic heterocycles. The van der Waals surface area contributed by atoms with Crippen molar-refractivity contribution in [3.8, 4) is 0 Å². The van der Waals surface area contributed by atoms with Crippen LogP contribution in [-0.2, 0) is 0 Å². The molecule has 0 spiro atoms. The van der Waals surface area contributed by atoms with Crippen LogP contribution in [-0.4, -0.2) is 44.2 Å². The fourth-order valence-electron chi connectivity index (χ4n) is 2.75. The summed E-state index contributed by atoms with van der Waals surface area (Å²) in [5.41, 5.74) is 8.34. The molecule has 0 atom stereocenters. The van der Waals surface area contributed by atoms with E-state index in [9.17, 15) is 0 Å². The Morgan fingerprint density at radius 3 is 2.68 bits per heavy atom. The summed E-state index contributed by atoms with van der Waals surface area (Å²) in [6.07, 6.45) is 3.80. The van der Waals surface area contributed by atoms with Crippen molar-refractivity contribution in [2.24, 2.45) is 5.73 Å². The number of likely N-dealkylation sites (tertiary alicyclic amines) is 1. The summed E-state index contributed by atoms with van der Waals surface area (Å²) >= 11 is 0. The van der Waals surface area contributed by atoms with E-state index in [0.29, 0.717) is 0 Å². The Morgan fingerprint density at radius 1 is 1.21 bits per heavy atom. The molecule has 1 aliphatic heterocycles. The molecular formula is C16H27N3. The van der Waals surface area contributed by atoms with Gasteiger partial charge in [0.1, 0.15) is 0 Å². The number of hydrogen-bond acceptors (Lipinski definition) is 3. The molecule has 1 aromatic carbocycles. The van der Waals surface area contributed by atoms with Gasteiger partial charge in [0.05, 0.1) is 0 Å². The van der Waals surface area contributed by atoms with Gasteiger partial charge in [0, 0.05) is 25.3 Å². The normalized spacial score (nSPS) is 15.9. The minimum absolute atomic E-state index is 0.770. The van der Waals surface area contributed by atoms with Crippen molar-refractivity contribution < 1.29 is 0 Å². The molecule has 1 fully saturated rings. The van der Waals surface area contributed by atoms with Crippen LogP contribution in [0.1, 0.15) is 24.8 Å². The quantitative estimate of drug-likeness (QED) is 0.817. The Labute approximate surface area is 117 Å². The number of benzene rings is 1. The van der Waals surface area contributed by atoms with E-state index in [1.165, 1.54) is 43.7 Å². The first kappa shape index (κ1) is 14.4. The molecular weight excluding hydrogens is 234 g/mol. The molecule has 0 unspecified atom stereocenters. The van der Waals surface area contributed by atoms with Crippen molar-refractivity contribution in [3.05, 3.63) is 29.8 Å². The Morgan fingerprint density at radius 2 is 2.00 bits per heavy atom. The zero-order valence-corrected chi connectivity index (χ0v) is 12.1. The molecule has 3 heteroatoms. The first-order valence-corrected chi connectivity index (χ1v) is 7.53. The highest BCUT2D eigenvalue weighted by Crippen LogP contribution is 2.17.